The molecule has 10 heteroatoms. The Balaban J connectivity index is 1.13. The van der Waals surface area contributed by atoms with E-state index in [-0.39, 0.29) is 24.2 Å². The zero-order valence-electron chi connectivity index (χ0n) is 24.7. The average Bonchev–Trinajstić information content (AvgIpc) is 3.01. The van der Waals surface area contributed by atoms with Gasteiger partial charge in [-0.3, -0.25) is 4.79 Å². The number of hydrogen-bond acceptors (Lipinski definition) is 6. The third-order valence-corrected chi connectivity index (χ3v) is 9.34. The van der Waals surface area contributed by atoms with Crippen LogP contribution in [0.3, 0.4) is 0 Å². The van der Waals surface area contributed by atoms with Crippen molar-refractivity contribution in [3.8, 4) is 0 Å². The van der Waals surface area contributed by atoms with E-state index in [1.165, 1.54) is 25.0 Å². The summed E-state index contributed by atoms with van der Waals surface area (Å²) >= 11 is 0. The number of halogens is 3. The Bertz CT molecular complexity index is 1180. The summed E-state index contributed by atoms with van der Waals surface area (Å²) in [7, 11) is 1.80. The number of rotatable bonds is 8. The van der Waals surface area contributed by atoms with Gasteiger partial charge in [0.1, 0.15) is 0 Å². The lowest BCUT2D eigenvalue weighted by molar-refractivity contribution is -0.137. The molecular weight excluding hydrogens is 545 g/mol. The van der Waals surface area contributed by atoms with E-state index in [1.54, 1.807) is 13.3 Å². The molecule has 0 unspecified atom stereocenters. The molecule has 3 aliphatic rings. The van der Waals surface area contributed by atoms with Crippen molar-refractivity contribution in [3.05, 3.63) is 58.4 Å². The molecule has 2 saturated heterocycles. The van der Waals surface area contributed by atoms with Gasteiger partial charge in [0, 0.05) is 32.3 Å². The third kappa shape index (κ3) is 7.50. The summed E-state index contributed by atoms with van der Waals surface area (Å²) in [5.74, 6) is -0.0657. The van der Waals surface area contributed by atoms with E-state index < -0.39 is 11.7 Å². The van der Waals surface area contributed by atoms with Gasteiger partial charge in [-0.05, 0) is 93.5 Å². The van der Waals surface area contributed by atoms with Crippen LogP contribution < -0.4 is 5.32 Å². The zero-order chi connectivity index (χ0) is 29.7. The SMILES string of the molecule is CO[C@H]1CCCC[C@H]1NC1CCN(C(=O)c2nncc(CC[C@H]3CCC[C@@H](c4ccc(C(F)(F)F)cc4)O3)c2C)CC1. The molecule has 1 amide bonds. The number of carbonyl (C=O) groups excluding carboxylic acids is 1. The van der Waals surface area contributed by atoms with Crippen LogP contribution in [0, 0.1) is 6.92 Å². The average molecular weight is 589 g/mol. The van der Waals surface area contributed by atoms with Crippen LogP contribution in [-0.2, 0) is 22.1 Å². The second-order valence-electron chi connectivity index (χ2n) is 12.1. The van der Waals surface area contributed by atoms with E-state index in [1.807, 2.05) is 11.8 Å². The highest BCUT2D eigenvalue weighted by Crippen LogP contribution is 2.35. The van der Waals surface area contributed by atoms with E-state index in [0.29, 0.717) is 37.3 Å². The number of likely N-dealkylation sites (tertiary alicyclic amines) is 1. The monoisotopic (exact) mass is 588 g/mol. The largest absolute Gasteiger partial charge is 0.416 e. The highest BCUT2D eigenvalue weighted by molar-refractivity contribution is 5.93. The quantitative estimate of drug-likeness (QED) is 0.396. The molecule has 0 spiro atoms. The zero-order valence-corrected chi connectivity index (χ0v) is 24.7. The number of amides is 1. The van der Waals surface area contributed by atoms with Crippen molar-refractivity contribution in [1.29, 1.82) is 0 Å². The predicted molar refractivity (Wildman–Crippen MR) is 153 cm³/mol. The third-order valence-electron chi connectivity index (χ3n) is 9.34. The second kappa shape index (κ2) is 13.8. The van der Waals surface area contributed by atoms with Crippen molar-refractivity contribution in [2.75, 3.05) is 20.2 Å². The molecule has 3 fully saturated rings. The molecule has 1 aromatic carbocycles. The summed E-state index contributed by atoms with van der Waals surface area (Å²) in [4.78, 5) is 15.3. The van der Waals surface area contributed by atoms with E-state index >= 15 is 0 Å². The Morgan fingerprint density at radius 3 is 2.50 bits per heavy atom. The Kier molecular flexibility index (Phi) is 10.2. The fourth-order valence-electron chi connectivity index (χ4n) is 6.77. The number of methoxy groups -OCH3 is 1. The first-order valence-electron chi connectivity index (χ1n) is 15.4. The molecule has 42 heavy (non-hydrogen) atoms. The highest BCUT2D eigenvalue weighted by Gasteiger charge is 2.32. The molecule has 2 aliphatic heterocycles. The standard InChI is InChI=1S/C32H43F3N4O3/c1-21-23(12-15-26-6-5-9-28(42-26)22-10-13-24(14-11-22)32(33,34)35)20-36-38-30(21)31(40)39-18-16-25(17-19-39)37-27-7-3-4-8-29(27)41-2/h10-11,13-14,20,25-29,37H,3-9,12,15-19H2,1-2H3/t26-,27-,28+,29+/m1/s1. The molecule has 5 rings (SSSR count). The van der Waals surface area contributed by atoms with Gasteiger partial charge < -0.3 is 19.7 Å². The second-order valence-corrected chi connectivity index (χ2v) is 12.1. The number of piperidine rings is 1. The molecule has 1 aromatic heterocycles. The minimum atomic E-state index is -4.35. The van der Waals surface area contributed by atoms with Crippen molar-refractivity contribution < 1.29 is 27.4 Å². The van der Waals surface area contributed by atoms with Crippen LogP contribution in [0.25, 0.3) is 0 Å². The first-order valence-corrected chi connectivity index (χ1v) is 15.4. The number of alkyl halides is 3. The Hall–Kier alpha value is -2.56. The first kappa shape index (κ1) is 30.9. The van der Waals surface area contributed by atoms with Gasteiger partial charge in [0.25, 0.3) is 5.91 Å². The summed E-state index contributed by atoms with van der Waals surface area (Å²) in [6.07, 6.45) is 8.03. The van der Waals surface area contributed by atoms with E-state index in [9.17, 15) is 18.0 Å². The molecule has 230 valence electrons. The molecule has 0 bridgehead atoms. The van der Waals surface area contributed by atoms with Crippen LogP contribution in [-0.4, -0.2) is 65.5 Å². The molecular formula is C32H43F3N4O3. The van der Waals surface area contributed by atoms with Gasteiger partial charge in [0.2, 0.25) is 0 Å². The van der Waals surface area contributed by atoms with Crippen LogP contribution in [0.2, 0.25) is 0 Å². The normalized spacial score (nSPS) is 25.9. The molecule has 2 aromatic rings. The van der Waals surface area contributed by atoms with Crippen LogP contribution in [0.1, 0.15) is 103 Å². The van der Waals surface area contributed by atoms with Gasteiger partial charge in [-0.1, -0.05) is 25.0 Å². The fraction of sp³-hybridized carbons (Fsp3) is 0.656. The smallest absolute Gasteiger partial charge is 0.380 e. The van der Waals surface area contributed by atoms with E-state index in [2.05, 4.69) is 15.5 Å². The van der Waals surface area contributed by atoms with Crippen LogP contribution in [0.15, 0.2) is 30.5 Å². The number of benzene rings is 1. The summed E-state index contributed by atoms with van der Waals surface area (Å²) in [5.41, 5.74) is 2.38. The molecule has 4 atom stereocenters. The lowest BCUT2D eigenvalue weighted by Gasteiger charge is -2.38. The number of hydrogen-bond donors (Lipinski definition) is 1. The minimum Gasteiger partial charge on any atom is -0.380 e. The summed E-state index contributed by atoms with van der Waals surface area (Å²) in [6.45, 7) is 3.31. The molecule has 7 nitrogen and oxygen atoms in total. The van der Waals surface area contributed by atoms with Gasteiger partial charge in [0.05, 0.1) is 30.1 Å². The number of carbonyl (C=O) groups is 1. The van der Waals surface area contributed by atoms with E-state index in [4.69, 9.17) is 9.47 Å². The molecule has 3 heterocycles. The lowest BCUT2D eigenvalue weighted by atomic mass is 9.90. The van der Waals surface area contributed by atoms with Gasteiger partial charge >= 0.3 is 6.18 Å². The van der Waals surface area contributed by atoms with Crippen molar-refractivity contribution in [3.63, 3.8) is 0 Å². The van der Waals surface area contributed by atoms with Gasteiger partial charge in [-0.25, -0.2) is 0 Å². The summed E-state index contributed by atoms with van der Waals surface area (Å²) < 4.78 is 50.9. The summed E-state index contributed by atoms with van der Waals surface area (Å²) in [6, 6.07) is 6.07. The molecule has 1 N–H and O–H groups in total. The van der Waals surface area contributed by atoms with E-state index in [0.717, 1.165) is 80.2 Å². The highest BCUT2D eigenvalue weighted by atomic mass is 19.4. The first-order chi connectivity index (χ1) is 20.2. The predicted octanol–water partition coefficient (Wildman–Crippen LogP) is 6.20. The van der Waals surface area contributed by atoms with Crippen LogP contribution >= 0.6 is 0 Å². The number of nitrogens with one attached hydrogen (secondary N) is 1. The maximum absolute atomic E-state index is 13.4. The maximum atomic E-state index is 13.4. The number of nitrogens with zero attached hydrogens (tertiary/aromatic N) is 3. The maximum Gasteiger partial charge on any atom is 0.416 e. The molecule has 0 radical (unpaired) electrons. The number of ether oxygens (including phenoxy) is 2. The Morgan fingerprint density at radius 2 is 1.79 bits per heavy atom. The van der Waals surface area contributed by atoms with Crippen molar-refractivity contribution in [1.82, 2.24) is 20.4 Å². The number of aryl methyl sites for hydroxylation is 1. The topological polar surface area (TPSA) is 76.6 Å². The number of aromatic nitrogens is 2. The molecule has 1 saturated carbocycles. The molecule has 1 aliphatic carbocycles. The van der Waals surface area contributed by atoms with Crippen molar-refractivity contribution in [2.24, 2.45) is 0 Å². The van der Waals surface area contributed by atoms with Crippen molar-refractivity contribution >= 4 is 5.91 Å². The van der Waals surface area contributed by atoms with Gasteiger partial charge in [-0.2, -0.15) is 18.3 Å². The Morgan fingerprint density at radius 1 is 1.05 bits per heavy atom. The van der Waals surface area contributed by atoms with Gasteiger partial charge in [0.15, 0.2) is 5.69 Å². The van der Waals surface area contributed by atoms with Crippen LogP contribution in [0.4, 0.5) is 13.2 Å². The van der Waals surface area contributed by atoms with Crippen LogP contribution in [0.5, 0.6) is 0 Å². The van der Waals surface area contributed by atoms with Gasteiger partial charge in [-0.15, -0.1) is 5.10 Å². The Labute approximate surface area is 246 Å². The summed E-state index contributed by atoms with van der Waals surface area (Å²) in [5, 5.41) is 12.2. The fourth-order valence-corrected chi connectivity index (χ4v) is 6.77. The lowest BCUT2D eigenvalue weighted by Crippen LogP contribution is -2.52. The minimum absolute atomic E-state index is 0.00819. The van der Waals surface area contributed by atoms with Crippen molar-refractivity contribution in [2.45, 2.75) is 114 Å².